The fourth-order valence-electron chi connectivity index (χ4n) is 2.67. The van der Waals surface area contributed by atoms with E-state index in [1.54, 1.807) is 24.3 Å². The van der Waals surface area contributed by atoms with Crippen molar-refractivity contribution in [1.29, 1.82) is 0 Å². The van der Waals surface area contributed by atoms with E-state index in [0.29, 0.717) is 0 Å². The van der Waals surface area contributed by atoms with Crippen LogP contribution in [0.15, 0.2) is 76.9 Å². The number of nitrogens with one attached hydrogen (secondary N) is 2. The summed E-state index contributed by atoms with van der Waals surface area (Å²) in [6, 6.07) is 13.6. The Balaban J connectivity index is 2.03. The lowest BCUT2D eigenvalue weighted by Crippen LogP contribution is -2.60. The number of halogens is 4. The second-order valence-electron chi connectivity index (χ2n) is 5.74. The molecule has 0 radical (unpaired) electrons. The van der Waals surface area contributed by atoms with Crippen LogP contribution in [0.1, 0.15) is 11.1 Å². The minimum absolute atomic E-state index is 0.0584. The molecule has 3 rings (SSSR count). The zero-order valence-corrected chi connectivity index (χ0v) is 14.9. The summed E-state index contributed by atoms with van der Waals surface area (Å²) in [5.74, 6) is 0. The molecule has 0 bridgehead atoms. The monoisotopic (exact) mass is 422 g/mol. The number of allylic oxidation sites excluding steroid dienone is 1. The Morgan fingerprint density at radius 3 is 2.23 bits per heavy atom. The number of carbonyl (C=O) groups excluding carboxylic acids is 1. The predicted octanol–water partition coefficient (Wildman–Crippen LogP) is 5.12. The Bertz CT molecular complexity index is 861. The summed E-state index contributed by atoms with van der Waals surface area (Å²) in [5, 5.41) is 4.44. The highest BCUT2D eigenvalue weighted by molar-refractivity contribution is 9.10. The summed E-state index contributed by atoms with van der Waals surface area (Å²) >= 11 is 3.32. The van der Waals surface area contributed by atoms with Crippen LogP contribution in [-0.4, -0.2) is 12.2 Å². The van der Waals surface area contributed by atoms with E-state index < -0.39 is 17.7 Å². The maximum absolute atomic E-state index is 13.9. The van der Waals surface area contributed by atoms with Crippen LogP contribution >= 0.6 is 15.9 Å². The molecular formula is C19H14BrF3N2O. The van der Waals surface area contributed by atoms with Crippen molar-refractivity contribution in [2.24, 2.45) is 0 Å². The molecule has 0 aliphatic carbocycles. The van der Waals surface area contributed by atoms with Gasteiger partial charge in [-0.1, -0.05) is 64.5 Å². The first-order valence-corrected chi connectivity index (χ1v) is 8.47. The average molecular weight is 423 g/mol. The zero-order valence-electron chi connectivity index (χ0n) is 13.3. The summed E-state index contributed by atoms with van der Waals surface area (Å²) in [6.45, 7) is 0. The molecular weight excluding hydrogens is 409 g/mol. The van der Waals surface area contributed by atoms with Gasteiger partial charge in [-0.15, -0.1) is 0 Å². The third-order valence-electron chi connectivity index (χ3n) is 3.94. The van der Waals surface area contributed by atoms with Crippen LogP contribution in [0, 0.1) is 0 Å². The summed E-state index contributed by atoms with van der Waals surface area (Å²) in [5.41, 5.74) is -1.79. The quantitative estimate of drug-likeness (QED) is 0.708. The number of hydrogen-bond acceptors (Lipinski definition) is 1. The average Bonchev–Trinajstić information content (AvgIpc) is 2.60. The molecule has 2 N–H and O–H groups in total. The summed E-state index contributed by atoms with van der Waals surface area (Å²) in [6.07, 6.45) is -0.636. The minimum Gasteiger partial charge on any atom is -0.316 e. The van der Waals surface area contributed by atoms with E-state index in [9.17, 15) is 18.0 Å². The highest BCUT2D eigenvalue weighted by Crippen LogP contribution is 2.42. The fraction of sp³-hybridized carbons (Fsp3) is 0.105. The van der Waals surface area contributed by atoms with Gasteiger partial charge in [0.2, 0.25) is 0 Å². The molecule has 2 aromatic rings. The second-order valence-corrected chi connectivity index (χ2v) is 6.65. The minimum atomic E-state index is -4.71. The van der Waals surface area contributed by atoms with Crippen LogP contribution in [0.5, 0.6) is 0 Å². The van der Waals surface area contributed by atoms with E-state index in [1.807, 2.05) is 17.4 Å². The third kappa shape index (κ3) is 3.67. The molecule has 1 aliphatic rings. The lowest BCUT2D eigenvalue weighted by Gasteiger charge is -2.37. The van der Waals surface area contributed by atoms with Gasteiger partial charge in [-0.2, -0.15) is 13.2 Å². The maximum atomic E-state index is 13.9. The Kier molecular flexibility index (Phi) is 4.91. The number of benzene rings is 2. The molecule has 0 saturated heterocycles. The molecule has 0 unspecified atom stereocenters. The second kappa shape index (κ2) is 6.99. The number of urea groups is 1. The number of amides is 2. The first-order valence-electron chi connectivity index (χ1n) is 7.68. The van der Waals surface area contributed by atoms with E-state index in [1.165, 1.54) is 30.3 Å². The summed E-state index contributed by atoms with van der Waals surface area (Å²) < 4.78 is 42.7. The first kappa shape index (κ1) is 18.3. The van der Waals surface area contributed by atoms with Crippen molar-refractivity contribution in [1.82, 2.24) is 10.6 Å². The Morgan fingerprint density at radius 1 is 0.962 bits per heavy atom. The van der Waals surface area contributed by atoms with Crippen molar-refractivity contribution < 1.29 is 18.0 Å². The standard InChI is InChI=1S/C19H14BrF3N2O/c20-15-9-6-13(7-10-15)8-11-16-12-18(19(21,22)23,25-17(26)24-16)14-4-2-1-3-5-14/h1-12H,(H2,24,25,26)/b11-8+/t18-/m0/s1. The number of rotatable bonds is 3. The summed E-state index contributed by atoms with van der Waals surface area (Å²) in [4.78, 5) is 12.0. The Hall–Kier alpha value is -2.54. The molecule has 2 aromatic carbocycles. The molecule has 0 fully saturated rings. The van der Waals surface area contributed by atoms with Crippen molar-refractivity contribution >= 4 is 28.0 Å². The van der Waals surface area contributed by atoms with Gasteiger partial charge in [-0.05, 0) is 35.4 Å². The van der Waals surface area contributed by atoms with E-state index in [4.69, 9.17) is 0 Å². The number of alkyl halides is 3. The number of carbonyl (C=O) groups is 1. The molecule has 0 spiro atoms. The van der Waals surface area contributed by atoms with Gasteiger partial charge in [0.1, 0.15) is 0 Å². The largest absolute Gasteiger partial charge is 0.419 e. The molecule has 26 heavy (non-hydrogen) atoms. The van der Waals surface area contributed by atoms with Crippen molar-refractivity contribution in [3.05, 3.63) is 88.0 Å². The Morgan fingerprint density at radius 2 is 1.62 bits per heavy atom. The highest BCUT2D eigenvalue weighted by atomic mass is 79.9. The smallest absolute Gasteiger partial charge is 0.316 e. The molecule has 0 aromatic heterocycles. The third-order valence-corrected chi connectivity index (χ3v) is 4.47. The molecule has 1 aliphatic heterocycles. The van der Waals surface area contributed by atoms with Gasteiger partial charge in [0.05, 0.1) is 0 Å². The predicted molar refractivity (Wildman–Crippen MR) is 97.1 cm³/mol. The van der Waals surface area contributed by atoms with Crippen LogP contribution in [0.3, 0.4) is 0 Å². The number of hydrogen-bond donors (Lipinski definition) is 2. The van der Waals surface area contributed by atoms with Crippen molar-refractivity contribution in [3.63, 3.8) is 0 Å². The lowest BCUT2D eigenvalue weighted by atomic mass is 9.86. The SMILES string of the molecule is O=C1NC(/C=C/c2ccc(Br)cc2)=C[C@](c2ccccc2)(C(F)(F)F)N1. The normalized spacial score (nSPS) is 20.5. The van der Waals surface area contributed by atoms with E-state index >= 15 is 0 Å². The molecule has 1 atom stereocenters. The van der Waals surface area contributed by atoms with Gasteiger partial charge in [0, 0.05) is 10.2 Å². The van der Waals surface area contributed by atoms with Crippen LogP contribution in [0.4, 0.5) is 18.0 Å². The Labute approximate surface area is 156 Å². The van der Waals surface area contributed by atoms with Crippen LogP contribution in [0.2, 0.25) is 0 Å². The van der Waals surface area contributed by atoms with Crippen LogP contribution < -0.4 is 10.6 Å². The van der Waals surface area contributed by atoms with E-state index in [-0.39, 0.29) is 11.3 Å². The van der Waals surface area contributed by atoms with Gasteiger partial charge in [-0.25, -0.2) is 4.79 Å². The van der Waals surface area contributed by atoms with E-state index in [0.717, 1.165) is 16.1 Å². The van der Waals surface area contributed by atoms with Crippen molar-refractivity contribution in [3.8, 4) is 0 Å². The van der Waals surface area contributed by atoms with Crippen molar-refractivity contribution in [2.45, 2.75) is 11.7 Å². The highest BCUT2D eigenvalue weighted by Gasteiger charge is 2.57. The van der Waals surface area contributed by atoms with Gasteiger partial charge >= 0.3 is 12.2 Å². The molecule has 3 nitrogen and oxygen atoms in total. The van der Waals surface area contributed by atoms with Crippen LogP contribution in [-0.2, 0) is 5.54 Å². The molecule has 1 heterocycles. The zero-order chi connectivity index (χ0) is 18.8. The molecule has 7 heteroatoms. The maximum Gasteiger partial charge on any atom is 0.419 e. The molecule has 134 valence electrons. The van der Waals surface area contributed by atoms with Gasteiger partial charge in [0.15, 0.2) is 5.54 Å². The first-order chi connectivity index (χ1) is 12.3. The topological polar surface area (TPSA) is 41.1 Å². The van der Waals surface area contributed by atoms with Gasteiger partial charge in [-0.3, -0.25) is 0 Å². The summed E-state index contributed by atoms with van der Waals surface area (Å²) in [7, 11) is 0. The fourth-order valence-corrected chi connectivity index (χ4v) is 2.93. The van der Waals surface area contributed by atoms with Crippen molar-refractivity contribution in [2.75, 3.05) is 0 Å². The van der Waals surface area contributed by atoms with Gasteiger partial charge < -0.3 is 10.6 Å². The molecule has 0 saturated carbocycles. The van der Waals surface area contributed by atoms with Crippen LogP contribution in [0.25, 0.3) is 6.08 Å². The van der Waals surface area contributed by atoms with Gasteiger partial charge in [0.25, 0.3) is 0 Å². The lowest BCUT2D eigenvalue weighted by molar-refractivity contribution is -0.182. The van der Waals surface area contributed by atoms with E-state index in [2.05, 4.69) is 21.2 Å². The molecule has 2 amide bonds.